The molecule has 0 spiro atoms. The molecule has 1 aromatic rings. The highest BCUT2D eigenvalue weighted by molar-refractivity contribution is 7.90. The summed E-state index contributed by atoms with van der Waals surface area (Å²) in [6, 6.07) is -0.316. The van der Waals surface area contributed by atoms with Crippen molar-refractivity contribution in [3.63, 3.8) is 0 Å². The van der Waals surface area contributed by atoms with Crippen LogP contribution in [0.15, 0.2) is 15.9 Å². The summed E-state index contributed by atoms with van der Waals surface area (Å²) in [5.41, 5.74) is 5.89. The second kappa shape index (κ2) is 2.87. The first kappa shape index (κ1) is 9.21. The van der Waals surface area contributed by atoms with Crippen molar-refractivity contribution in [2.75, 3.05) is 6.26 Å². The van der Waals surface area contributed by atoms with Crippen LogP contribution < -0.4 is 5.73 Å². The summed E-state index contributed by atoms with van der Waals surface area (Å²) in [5, 5.41) is -0.283. The molecule has 5 nitrogen and oxygen atoms in total. The molecule has 68 valence electrons. The molecule has 12 heavy (non-hydrogen) atoms. The van der Waals surface area contributed by atoms with Crippen molar-refractivity contribution in [1.82, 2.24) is 4.98 Å². The van der Waals surface area contributed by atoms with Gasteiger partial charge in [0.05, 0.1) is 5.69 Å². The summed E-state index contributed by atoms with van der Waals surface area (Å²) in [6.45, 7) is 1.70. The molecule has 0 radical (unpaired) electrons. The van der Waals surface area contributed by atoms with E-state index < -0.39 is 9.84 Å². The van der Waals surface area contributed by atoms with Gasteiger partial charge in [0.15, 0.2) is 0 Å². The van der Waals surface area contributed by atoms with E-state index >= 15 is 0 Å². The number of rotatable bonds is 2. The van der Waals surface area contributed by atoms with Gasteiger partial charge in [0.25, 0.3) is 0 Å². The van der Waals surface area contributed by atoms with Crippen molar-refractivity contribution >= 4 is 9.84 Å². The van der Waals surface area contributed by atoms with Crippen LogP contribution in [0.2, 0.25) is 0 Å². The van der Waals surface area contributed by atoms with Crippen molar-refractivity contribution in [3.05, 3.63) is 12.0 Å². The standard InChI is InChI=1S/C6H10N2O3S/c1-4(7)5-3-11-6(8-5)12(2,9)10/h3-4H,7H2,1-2H3/t4-/m0/s1. The summed E-state index contributed by atoms with van der Waals surface area (Å²) in [4.78, 5) is 3.70. The van der Waals surface area contributed by atoms with Gasteiger partial charge in [0.1, 0.15) is 6.26 Å². The Kier molecular flexibility index (Phi) is 2.20. The lowest BCUT2D eigenvalue weighted by Gasteiger charge is -1.94. The Bertz CT molecular complexity index is 366. The predicted molar refractivity (Wildman–Crippen MR) is 42.2 cm³/mol. The maximum Gasteiger partial charge on any atom is 0.314 e. The van der Waals surface area contributed by atoms with E-state index in [1.165, 1.54) is 6.26 Å². The van der Waals surface area contributed by atoms with Crippen LogP contribution in [0.1, 0.15) is 18.7 Å². The third-order valence-corrected chi connectivity index (χ3v) is 2.11. The maximum atomic E-state index is 10.9. The fourth-order valence-corrected chi connectivity index (χ4v) is 1.14. The van der Waals surface area contributed by atoms with Crippen molar-refractivity contribution < 1.29 is 12.8 Å². The highest BCUT2D eigenvalue weighted by atomic mass is 32.2. The number of nitrogens with zero attached hydrogens (tertiary/aromatic N) is 1. The molecule has 0 bridgehead atoms. The molecule has 1 heterocycles. The van der Waals surface area contributed by atoms with Gasteiger partial charge in [-0.1, -0.05) is 0 Å². The number of sulfone groups is 1. The van der Waals surface area contributed by atoms with E-state index in [9.17, 15) is 8.42 Å². The highest BCUT2D eigenvalue weighted by Gasteiger charge is 2.15. The average Bonchev–Trinajstić information content (AvgIpc) is 2.30. The molecule has 0 aromatic carbocycles. The lowest BCUT2D eigenvalue weighted by molar-refractivity contribution is 0.432. The first-order valence-electron chi connectivity index (χ1n) is 3.32. The van der Waals surface area contributed by atoms with E-state index in [-0.39, 0.29) is 11.3 Å². The Morgan fingerprint density at radius 3 is 2.50 bits per heavy atom. The number of hydrogen-bond donors (Lipinski definition) is 1. The molecule has 0 saturated carbocycles. The zero-order valence-corrected chi connectivity index (χ0v) is 7.63. The highest BCUT2D eigenvalue weighted by Crippen LogP contribution is 2.12. The van der Waals surface area contributed by atoms with E-state index in [1.807, 2.05) is 0 Å². The van der Waals surface area contributed by atoms with Crippen LogP contribution in [0.5, 0.6) is 0 Å². The van der Waals surface area contributed by atoms with Crippen molar-refractivity contribution in [2.24, 2.45) is 5.73 Å². The van der Waals surface area contributed by atoms with Crippen LogP contribution in [-0.2, 0) is 9.84 Å². The third-order valence-electron chi connectivity index (χ3n) is 1.28. The Balaban J connectivity index is 3.09. The van der Waals surface area contributed by atoms with Gasteiger partial charge in [-0.2, -0.15) is 0 Å². The largest absolute Gasteiger partial charge is 0.436 e. The van der Waals surface area contributed by atoms with E-state index in [0.29, 0.717) is 5.69 Å². The first-order chi connectivity index (χ1) is 5.41. The van der Waals surface area contributed by atoms with Gasteiger partial charge in [0.2, 0.25) is 9.84 Å². The number of nitrogens with two attached hydrogens (primary N) is 1. The minimum absolute atomic E-state index is 0.283. The molecule has 0 aliphatic carbocycles. The summed E-state index contributed by atoms with van der Waals surface area (Å²) in [5.74, 6) is 0. The summed E-state index contributed by atoms with van der Waals surface area (Å²) in [7, 11) is -3.35. The molecular weight excluding hydrogens is 180 g/mol. The molecule has 0 saturated heterocycles. The fourth-order valence-electron chi connectivity index (χ4n) is 0.648. The molecule has 1 rings (SSSR count). The zero-order chi connectivity index (χ0) is 9.35. The topological polar surface area (TPSA) is 86.2 Å². The van der Waals surface area contributed by atoms with E-state index in [1.54, 1.807) is 6.92 Å². The third kappa shape index (κ3) is 1.83. The quantitative estimate of drug-likeness (QED) is 0.714. The van der Waals surface area contributed by atoms with Crippen LogP contribution in [0.3, 0.4) is 0 Å². The lowest BCUT2D eigenvalue weighted by Crippen LogP contribution is -2.06. The van der Waals surface area contributed by atoms with Crippen LogP contribution in [0.4, 0.5) is 0 Å². The van der Waals surface area contributed by atoms with Crippen molar-refractivity contribution in [1.29, 1.82) is 0 Å². The summed E-state index contributed by atoms with van der Waals surface area (Å²) >= 11 is 0. The van der Waals surface area contributed by atoms with Gasteiger partial charge >= 0.3 is 5.22 Å². The Labute approximate surface area is 70.5 Å². The first-order valence-corrected chi connectivity index (χ1v) is 5.21. The van der Waals surface area contributed by atoms with Gasteiger partial charge in [-0.3, -0.25) is 0 Å². The smallest absolute Gasteiger partial charge is 0.314 e. The minimum atomic E-state index is -3.35. The molecule has 1 atom stereocenters. The molecule has 1 aromatic heterocycles. The average molecular weight is 190 g/mol. The van der Waals surface area contributed by atoms with Crippen LogP contribution in [-0.4, -0.2) is 19.7 Å². The molecule has 0 fully saturated rings. The summed E-state index contributed by atoms with van der Waals surface area (Å²) < 4.78 is 26.5. The second-order valence-corrected chi connectivity index (χ2v) is 4.49. The van der Waals surface area contributed by atoms with Gasteiger partial charge in [-0.05, 0) is 6.92 Å². The number of oxazole rings is 1. The van der Waals surface area contributed by atoms with Crippen molar-refractivity contribution in [3.8, 4) is 0 Å². The predicted octanol–water partition coefficient (Wildman–Crippen LogP) is 0.0978. The summed E-state index contributed by atoms with van der Waals surface area (Å²) in [6.07, 6.45) is 2.28. The zero-order valence-electron chi connectivity index (χ0n) is 6.81. The van der Waals surface area contributed by atoms with Gasteiger partial charge < -0.3 is 10.2 Å². The molecule has 0 amide bonds. The lowest BCUT2D eigenvalue weighted by atomic mass is 10.3. The van der Waals surface area contributed by atoms with E-state index in [4.69, 9.17) is 10.2 Å². The van der Waals surface area contributed by atoms with Gasteiger partial charge in [-0.25, -0.2) is 13.4 Å². The molecule has 0 aliphatic heterocycles. The Morgan fingerprint density at radius 2 is 2.25 bits per heavy atom. The molecular formula is C6H10N2O3S. The van der Waals surface area contributed by atoms with E-state index in [2.05, 4.69) is 4.98 Å². The molecule has 2 N–H and O–H groups in total. The van der Waals surface area contributed by atoms with E-state index in [0.717, 1.165) is 6.26 Å². The number of aromatic nitrogens is 1. The minimum Gasteiger partial charge on any atom is -0.436 e. The second-order valence-electron chi connectivity index (χ2n) is 2.60. The SMILES string of the molecule is C[C@H](N)c1coc(S(C)(=O)=O)n1. The van der Waals surface area contributed by atoms with Gasteiger partial charge in [-0.15, -0.1) is 0 Å². The molecule has 0 unspecified atom stereocenters. The monoisotopic (exact) mass is 190 g/mol. The fraction of sp³-hybridized carbons (Fsp3) is 0.500. The Morgan fingerprint density at radius 1 is 1.67 bits per heavy atom. The molecule has 6 heteroatoms. The van der Waals surface area contributed by atoms with Crippen LogP contribution in [0, 0.1) is 0 Å². The van der Waals surface area contributed by atoms with Crippen molar-refractivity contribution in [2.45, 2.75) is 18.2 Å². The van der Waals surface area contributed by atoms with Crippen LogP contribution >= 0.6 is 0 Å². The molecule has 0 aliphatic rings. The van der Waals surface area contributed by atoms with Gasteiger partial charge in [0, 0.05) is 12.3 Å². The Hall–Kier alpha value is -0.880. The normalized spacial score (nSPS) is 14.6. The maximum absolute atomic E-state index is 10.9. The van der Waals surface area contributed by atoms with Crippen LogP contribution in [0.25, 0.3) is 0 Å². The number of hydrogen-bond acceptors (Lipinski definition) is 5.